The summed E-state index contributed by atoms with van der Waals surface area (Å²) in [6.07, 6.45) is 2.94. The first-order valence-corrected chi connectivity index (χ1v) is 15.3. The molecule has 2 amide bonds. The highest BCUT2D eigenvalue weighted by atomic mass is 35.5. The SMILES string of the molecule is C=CC(=O)N1CC2C(=O)N(C)c3c(c4cc(Cl)c(-c5c(O)cccc5Cl)nc4n(-c4c(C)ccnc4C(C)C)c3=O)N2CC1C. The summed E-state index contributed by atoms with van der Waals surface area (Å²) in [5.41, 5.74) is 2.88. The Kier molecular flexibility index (Phi) is 7.61. The summed E-state index contributed by atoms with van der Waals surface area (Å²) in [5, 5.41) is 11.8. The van der Waals surface area contributed by atoms with Crippen molar-refractivity contribution in [3.63, 3.8) is 0 Å². The van der Waals surface area contributed by atoms with Gasteiger partial charge in [-0.05, 0) is 55.7 Å². The van der Waals surface area contributed by atoms with E-state index in [0.29, 0.717) is 22.5 Å². The van der Waals surface area contributed by atoms with Crippen LogP contribution in [0.5, 0.6) is 5.75 Å². The number of piperazine rings is 1. The molecule has 10 nitrogen and oxygen atoms in total. The molecule has 6 rings (SSSR count). The average molecular weight is 648 g/mol. The predicted molar refractivity (Wildman–Crippen MR) is 177 cm³/mol. The zero-order chi connectivity index (χ0) is 32.5. The number of amides is 2. The van der Waals surface area contributed by atoms with Crippen molar-refractivity contribution in [3.05, 3.63) is 80.8 Å². The summed E-state index contributed by atoms with van der Waals surface area (Å²) in [4.78, 5) is 55.9. The molecule has 2 atom stereocenters. The van der Waals surface area contributed by atoms with Crippen molar-refractivity contribution in [2.45, 2.75) is 45.7 Å². The molecule has 2 aliphatic heterocycles. The number of likely N-dealkylation sites (N-methyl/N-ethyl adjacent to an activating group) is 1. The van der Waals surface area contributed by atoms with Crippen molar-refractivity contribution in [1.29, 1.82) is 0 Å². The van der Waals surface area contributed by atoms with Crippen LogP contribution in [-0.4, -0.2) is 68.6 Å². The summed E-state index contributed by atoms with van der Waals surface area (Å²) in [6, 6.07) is 7.20. The van der Waals surface area contributed by atoms with Gasteiger partial charge in [-0.2, -0.15) is 0 Å². The van der Waals surface area contributed by atoms with Crippen molar-refractivity contribution in [2.24, 2.45) is 0 Å². The lowest BCUT2D eigenvalue weighted by atomic mass is 9.98. The minimum Gasteiger partial charge on any atom is -0.507 e. The van der Waals surface area contributed by atoms with Crippen LogP contribution in [0.15, 0.2) is 54.0 Å². The molecule has 4 aromatic rings. The Hall–Kier alpha value is -4.41. The molecule has 2 aliphatic rings. The lowest BCUT2D eigenvalue weighted by Crippen LogP contribution is -2.66. The first-order valence-electron chi connectivity index (χ1n) is 14.6. The van der Waals surface area contributed by atoms with Crippen LogP contribution in [0.2, 0.25) is 10.0 Å². The quantitative estimate of drug-likeness (QED) is 0.293. The number of hydrogen-bond acceptors (Lipinski definition) is 7. The number of halogens is 2. The second kappa shape index (κ2) is 11.2. The summed E-state index contributed by atoms with van der Waals surface area (Å²) in [5.74, 6) is -0.767. The summed E-state index contributed by atoms with van der Waals surface area (Å²) in [6.45, 7) is 11.8. The number of aryl methyl sites for hydroxylation is 1. The van der Waals surface area contributed by atoms with Gasteiger partial charge in [0, 0.05) is 31.2 Å². The third kappa shape index (κ3) is 4.66. The first kappa shape index (κ1) is 30.6. The molecule has 12 heteroatoms. The Bertz CT molecular complexity index is 1970. The third-order valence-corrected chi connectivity index (χ3v) is 9.24. The molecule has 0 bridgehead atoms. The van der Waals surface area contributed by atoms with E-state index in [4.69, 9.17) is 28.2 Å². The maximum absolute atomic E-state index is 14.8. The highest BCUT2D eigenvalue weighted by Gasteiger charge is 2.46. The molecular formula is C33H32Cl2N6O4. The fourth-order valence-corrected chi connectivity index (χ4v) is 6.96. The maximum Gasteiger partial charge on any atom is 0.283 e. The standard InChI is InChI=1S/C33H32Cl2N6O4/c1-7-24(43)39-15-22-32(44)38(6)30-29(40(22)14-18(39)5)19-13-21(35)27(25-20(34)9-8-10-23(25)42)37-31(19)41(33(30)45)28-17(4)11-12-36-26(28)16(2)3/h7-13,16,18,22,42H,1,14-15H2,2-6H3. The van der Waals surface area contributed by atoms with Gasteiger partial charge in [-0.25, -0.2) is 4.98 Å². The Morgan fingerprint density at radius 3 is 2.51 bits per heavy atom. The molecule has 0 saturated carbocycles. The molecule has 2 unspecified atom stereocenters. The smallest absolute Gasteiger partial charge is 0.283 e. The number of anilines is 2. The second-order valence-corrected chi connectivity index (χ2v) is 12.6. The van der Waals surface area contributed by atoms with Crippen LogP contribution in [0.25, 0.3) is 28.0 Å². The van der Waals surface area contributed by atoms with Gasteiger partial charge in [0.15, 0.2) is 5.65 Å². The molecule has 1 N–H and O–H groups in total. The minimum atomic E-state index is -0.751. The molecule has 0 aliphatic carbocycles. The van der Waals surface area contributed by atoms with Crippen LogP contribution in [0, 0.1) is 6.92 Å². The Morgan fingerprint density at radius 2 is 1.84 bits per heavy atom. The Balaban J connectivity index is 1.76. The number of phenols is 1. The number of carbonyl (C=O) groups is 2. The van der Waals surface area contributed by atoms with E-state index >= 15 is 0 Å². The fourth-order valence-electron chi connectivity index (χ4n) is 6.45. The highest BCUT2D eigenvalue weighted by Crippen LogP contribution is 2.45. The van der Waals surface area contributed by atoms with E-state index in [2.05, 4.69) is 11.6 Å². The zero-order valence-corrected chi connectivity index (χ0v) is 27.0. The molecule has 0 spiro atoms. The number of nitrogens with zero attached hydrogens (tertiary/aromatic N) is 6. The van der Waals surface area contributed by atoms with Gasteiger partial charge in [-0.3, -0.25) is 23.9 Å². The molecule has 232 valence electrons. The Morgan fingerprint density at radius 1 is 1.11 bits per heavy atom. The second-order valence-electron chi connectivity index (χ2n) is 11.8. The molecule has 45 heavy (non-hydrogen) atoms. The van der Waals surface area contributed by atoms with Crippen molar-refractivity contribution >= 4 is 57.4 Å². The molecule has 0 radical (unpaired) electrons. The van der Waals surface area contributed by atoms with E-state index in [0.717, 1.165) is 5.56 Å². The largest absolute Gasteiger partial charge is 0.507 e. The number of rotatable bonds is 4. The molecule has 1 aromatic carbocycles. The normalized spacial score (nSPS) is 18.0. The van der Waals surface area contributed by atoms with E-state index in [1.54, 1.807) is 36.3 Å². The van der Waals surface area contributed by atoms with Crippen molar-refractivity contribution in [1.82, 2.24) is 19.4 Å². The molecule has 3 aromatic heterocycles. The number of hydrogen-bond donors (Lipinski definition) is 1. The Labute approximate surface area is 270 Å². The van der Waals surface area contributed by atoms with Crippen LogP contribution in [0.1, 0.15) is 37.9 Å². The lowest BCUT2D eigenvalue weighted by Gasteiger charge is -2.49. The average Bonchev–Trinajstić information content (AvgIpc) is 2.99. The number of phenolic OH excluding ortho intramolecular Hbond substituents is 1. The number of pyridine rings is 3. The number of aromatic nitrogens is 3. The fraction of sp³-hybridized carbons (Fsp3) is 0.303. The van der Waals surface area contributed by atoms with E-state index in [9.17, 15) is 19.5 Å². The van der Waals surface area contributed by atoms with Crippen LogP contribution >= 0.6 is 23.2 Å². The van der Waals surface area contributed by atoms with Gasteiger partial charge in [-0.1, -0.05) is 49.7 Å². The molecule has 1 fully saturated rings. The van der Waals surface area contributed by atoms with E-state index in [1.165, 1.54) is 21.6 Å². The first-order chi connectivity index (χ1) is 21.4. The van der Waals surface area contributed by atoms with Gasteiger partial charge >= 0.3 is 0 Å². The molecule has 1 saturated heterocycles. The van der Waals surface area contributed by atoms with E-state index in [1.807, 2.05) is 38.7 Å². The van der Waals surface area contributed by atoms with Crippen LogP contribution in [-0.2, 0) is 9.59 Å². The third-order valence-electron chi connectivity index (χ3n) is 8.64. The minimum absolute atomic E-state index is 0.0580. The van der Waals surface area contributed by atoms with Gasteiger partial charge in [0.2, 0.25) is 5.91 Å². The van der Waals surface area contributed by atoms with Crippen molar-refractivity contribution in [3.8, 4) is 22.7 Å². The topological polar surface area (TPSA) is 112 Å². The summed E-state index contributed by atoms with van der Waals surface area (Å²) >= 11 is 13.5. The van der Waals surface area contributed by atoms with Crippen molar-refractivity contribution in [2.75, 3.05) is 29.9 Å². The molecule has 5 heterocycles. The number of fused-ring (bicyclic) bond motifs is 5. The van der Waals surface area contributed by atoms with E-state index < -0.39 is 11.6 Å². The van der Waals surface area contributed by atoms with Crippen LogP contribution < -0.4 is 15.4 Å². The zero-order valence-electron chi connectivity index (χ0n) is 25.5. The monoisotopic (exact) mass is 646 g/mol. The van der Waals surface area contributed by atoms with Crippen molar-refractivity contribution < 1.29 is 14.7 Å². The van der Waals surface area contributed by atoms with E-state index in [-0.39, 0.29) is 75.3 Å². The molecular weight excluding hydrogens is 615 g/mol. The predicted octanol–water partition coefficient (Wildman–Crippen LogP) is 5.46. The highest BCUT2D eigenvalue weighted by molar-refractivity contribution is 6.37. The number of aromatic hydroxyl groups is 1. The maximum atomic E-state index is 14.8. The van der Waals surface area contributed by atoms with Gasteiger partial charge < -0.3 is 19.8 Å². The lowest BCUT2D eigenvalue weighted by molar-refractivity contribution is -0.130. The number of benzene rings is 1. The summed E-state index contributed by atoms with van der Waals surface area (Å²) < 4.78 is 1.49. The number of carbonyl (C=O) groups excluding carboxylic acids is 2. The van der Waals surface area contributed by atoms with Gasteiger partial charge in [0.05, 0.1) is 44.9 Å². The van der Waals surface area contributed by atoms with Crippen LogP contribution in [0.4, 0.5) is 11.4 Å². The van der Waals surface area contributed by atoms with Gasteiger partial charge in [0.25, 0.3) is 11.5 Å². The van der Waals surface area contributed by atoms with Gasteiger partial charge in [-0.15, -0.1) is 0 Å². The summed E-state index contributed by atoms with van der Waals surface area (Å²) in [7, 11) is 1.57. The van der Waals surface area contributed by atoms with Gasteiger partial charge in [0.1, 0.15) is 17.5 Å². The van der Waals surface area contributed by atoms with Crippen LogP contribution in [0.3, 0.4) is 0 Å².